The predicted molar refractivity (Wildman–Crippen MR) is 128 cm³/mol. The molecular formula is C26H37N5. The zero-order chi connectivity index (χ0) is 21.0. The molecule has 2 heterocycles. The van der Waals surface area contributed by atoms with Crippen LogP contribution in [0.25, 0.3) is 0 Å². The van der Waals surface area contributed by atoms with Gasteiger partial charge in [-0.2, -0.15) is 0 Å². The average Bonchev–Trinajstić information content (AvgIpc) is 3.28. The zero-order valence-electron chi connectivity index (χ0n) is 18.8. The van der Waals surface area contributed by atoms with E-state index in [1.807, 2.05) is 0 Å². The molecule has 166 valence electrons. The molecule has 2 aromatic rings. The van der Waals surface area contributed by atoms with Crippen LogP contribution in [0.4, 0.5) is 5.69 Å². The van der Waals surface area contributed by atoms with Crippen molar-refractivity contribution in [3.63, 3.8) is 0 Å². The Balaban J connectivity index is 1.32. The maximum atomic E-state index is 3.95. The summed E-state index contributed by atoms with van der Waals surface area (Å²) in [5, 5.41) is 11.5. The van der Waals surface area contributed by atoms with Crippen molar-refractivity contribution in [2.75, 3.05) is 32.0 Å². The summed E-state index contributed by atoms with van der Waals surface area (Å²) in [4.78, 5) is 5.35. The van der Waals surface area contributed by atoms with Gasteiger partial charge in [0.05, 0.1) is 12.2 Å². The SMILES string of the molecule is CN1CCCN(C2CCCC2)C2NC(Nc3ccccc3Cc3ccccc3)NCC21. The average molecular weight is 420 g/mol. The number of hydrogen-bond donors (Lipinski definition) is 3. The van der Waals surface area contributed by atoms with Gasteiger partial charge in [0.2, 0.25) is 0 Å². The van der Waals surface area contributed by atoms with Gasteiger partial charge >= 0.3 is 0 Å². The van der Waals surface area contributed by atoms with E-state index in [2.05, 4.69) is 87.4 Å². The molecule has 3 aliphatic rings. The van der Waals surface area contributed by atoms with Gasteiger partial charge in [0.15, 0.2) is 0 Å². The second-order valence-corrected chi connectivity index (χ2v) is 9.49. The predicted octanol–water partition coefficient (Wildman–Crippen LogP) is 3.44. The zero-order valence-corrected chi connectivity index (χ0v) is 18.8. The fraction of sp³-hybridized carbons (Fsp3) is 0.538. The number of rotatable bonds is 5. The van der Waals surface area contributed by atoms with Crippen LogP contribution in [0.5, 0.6) is 0 Å². The number of likely N-dealkylation sites (N-methyl/N-ethyl adjacent to an activating group) is 1. The smallest absolute Gasteiger partial charge is 0.133 e. The third kappa shape index (κ3) is 4.80. The Bertz CT molecular complexity index is 835. The van der Waals surface area contributed by atoms with Gasteiger partial charge in [0.1, 0.15) is 6.29 Å². The second kappa shape index (κ2) is 9.70. The maximum absolute atomic E-state index is 3.95. The van der Waals surface area contributed by atoms with Crippen LogP contribution in [0, 0.1) is 0 Å². The molecule has 0 amide bonds. The van der Waals surface area contributed by atoms with Crippen LogP contribution < -0.4 is 16.0 Å². The lowest BCUT2D eigenvalue weighted by Crippen LogP contribution is -2.71. The van der Waals surface area contributed by atoms with Crippen molar-refractivity contribution in [1.82, 2.24) is 20.4 Å². The molecule has 5 nitrogen and oxygen atoms in total. The van der Waals surface area contributed by atoms with Crippen molar-refractivity contribution in [2.45, 2.75) is 63.1 Å². The lowest BCUT2D eigenvalue weighted by molar-refractivity contribution is 0.0363. The van der Waals surface area contributed by atoms with Crippen molar-refractivity contribution in [3.05, 3.63) is 65.7 Å². The van der Waals surface area contributed by atoms with Gasteiger partial charge in [0, 0.05) is 24.8 Å². The van der Waals surface area contributed by atoms with Crippen LogP contribution >= 0.6 is 0 Å². The van der Waals surface area contributed by atoms with Crippen molar-refractivity contribution in [3.8, 4) is 0 Å². The van der Waals surface area contributed by atoms with Crippen LogP contribution in [0.2, 0.25) is 0 Å². The number of nitrogens with zero attached hydrogens (tertiary/aromatic N) is 2. The molecule has 5 heteroatoms. The largest absolute Gasteiger partial charge is 0.357 e. The quantitative estimate of drug-likeness (QED) is 0.693. The van der Waals surface area contributed by atoms with Crippen LogP contribution in [0.15, 0.2) is 54.6 Å². The van der Waals surface area contributed by atoms with Crippen LogP contribution in [-0.4, -0.2) is 61.0 Å². The van der Waals surface area contributed by atoms with E-state index in [0.717, 1.165) is 19.0 Å². The van der Waals surface area contributed by atoms with Gasteiger partial charge in [-0.25, -0.2) is 0 Å². The minimum Gasteiger partial charge on any atom is -0.357 e. The Labute approximate surface area is 187 Å². The third-order valence-electron chi connectivity index (χ3n) is 7.43. The number of fused-ring (bicyclic) bond motifs is 1. The summed E-state index contributed by atoms with van der Waals surface area (Å²) in [6.07, 6.45) is 8.19. The van der Waals surface area contributed by atoms with E-state index in [-0.39, 0.29) is 6.29 Å². The number of para-hydroxylation sites is 1. The topological polar surface area (TPSA) is 42.6 Å². The molecular weight excluding hydrogens is 382 g/mol. The molecule has 5 rings (SSSR count). The van der Waals surface area contributed by atoms with E-state index in [1.54, 1.807) is 0 Å². The molecule has 0 spiro atoms. The van der Waals surface area contributed by atoms with E-state index in [0.29, 0.717) is 12.2 Å². The summed E-state index contributed by atoms with van der Waals surface area (Å²) in [7, 11) is 2.29. The van der Waals surface area contributed by atoms with Gasteiger partial charge < -0.3 is 5.32 Å². The summed E-state index contributed by atoms with van der Waals surface area (Å²) in [5.74, 6) is 0. The van der Waals surface area contributed by atoms with Crippen molar-refractivity contribution >= 4 is 5.69 Å². The lowest BCUT2D eigenvalue weighted by atomic mass is 10.0. The summed E-state index contributed by atoms with van der Waals surface area (Å²) in [5.41, 5.74) is 3.90. The minimum atomic E-state index is 0.0774. The van der Waals surface area contributed by atoms with Gasteiger partial charge in [-0.05, 0) is 56.5 Å². The molecule has 3 atom stereocenters. The Morgan fingerprint density at radius 2 is 1.71 bits per heavy atom. The highest BCUT2D eigenvalue weighted by Gasteiger charge is 2.40. The summed E-state index contributed by atoms with van der Waals surface area (Å²) in [6, 6.07) is 20.7. The van der Waals surface area contributed by atoms with Crippen LogP contribution in [-0.2, 0) is 6.42 Å². The molecule has 3 fully saturated rings. The first-order valence-electron chi connectivity index (χ1n) is 12.1. The molecule has 1 aliphatic carbocycles. The van der Waals surface area contributed by atoms with E-state index in [4.69, 9.17) is 0 Å². The molecule has 2 aliphatic heterocycles. The first-order valence-corrected chi connectivity index (χ1v) is 12.1. The number of nitrogens with one attached hydrogen (secondary N) is 3. The maximum Gasteiger partial charge on any atom is 0.133 e. The Morgan fingerprint density at radius 1 is 0.935 bits per heavy atom. The number of hydrogen-bond acceptors (Lipinski definition) is 5. The van der Waals surface area contributed by atoms with Gasteiger partial charge in [0.25, 0.3) is 0 Å². The van der Waals surface area contributed by atoms with E-state index in [9.17, 15) is 0 Å². The highest BCUT2D eigenvalue weighted by molar-refractivity contribution is 5.53. The van der Waals surface area contributed by atoms with E-state index >= 15 is 0 Å². The monoisotopic (exact) mass is 419 g/mol. The third-order valence-corrected chi connectivity index (χ3v) is 7.43. The molecule has 0 bridgehead atoms. The molecule has 1 saturated carbocycles. The van der Waals surface area contributed by atoms with Crippen LogP contribution in [0.1, 0.15) is 43.2 Å². The first kappa shape index (κ1) is 21.0. The van der Waals surface area contributed by atoms with Gasteiger partial charge in [-0.1, -0.05) is 61.4 Å². The fourth-order valence-electron chi connectivity index (χ4n) is 5.74. The highest BCUT2D eigenvalue weighted by Crippen LogP contribution is 2.29. The highest BCUT2D eigenvalue weighted by atomic mass is 15.4. The lowest BCUT2D eigenvalue weighted by Gasteiger charge is -2.47. The standard InChI is InChI=1S/C26H37N5/c1-30-16-9-17-31(22-13-6-7-14-22)25-24(30)19-27-26(29-25)28-23-15-8-5-12-21(23)18-20-10-3-2-4-11-20/h2-5,8,10-12,15,22,24-29H,6-7,9,13-14,16-19H2,1H3. The summed E-state index contributed by atoms with van der Waals surface area (Å²) >= 11 is 0. The molecule has 31 heavy (non-hydrogen) atoms. The van der Waals surface area contributed by atoms with Crippen LogP contribution in [0.3, 0.4) is 0 Å². The summed E-state index contributed by atoms with van der Waals surface area (Å²) < 4.78 is 0. The molecule has 3 N–H and O–H groups in total. The van der Waals surface area contributed by atoms with Crippen molar-refractivity contribution in [1.29, 1.82) is 0 Å². The Hall–Kier alpha value is -1.92. The fourth-order valence-corrected chi connectivity index (χ4v) is 5.74. The van der Waals surface area contributed by atoms with Gasteiger partial charge in [-0.3, -0.25) is 20.4 Å². The van der Waals surface area contributed by atoms with E-state index in [1.165, 1.54) is 62.0 Å². The van der Waals surface area contributed by atoms with Crippen molar-refractivity contribution in [2.24, 2.45) is 0 Å². The molecule has 0 aromatic heterocycles. The molecule has 2 aromatic carbocycles. The summed E-state index contributed by atoms with van der Waals surface area (Å²) in [6.45, 7) is 3.40. The van der Waals surface area contributed by atoms with Crippen molar-refractivity contribution < 1.29 is 0 Å². The minimum absolute atomic E-state index is 0.0774. The Morgan fingerprint density at radius 3 is 2.55 bits per heavy atom. The molecule has 3 unspecified atom stereocenters. The van der Waals surface area contributed by atoms with E-state index < -0.39 is 0 Å². The molecule has 0 radical (unpaired) electrons. The van der Waals surface area contributed by atoms with Gasteiger partial charge in [-0.15, -0.1) is 0 Å². The Kier molecular flexibility index (Phi) is 6.55. The normalized spacial score (nSPS) is 28.2. The second-order valence-electron chi connectivity index (χ2n) is 9.49. The first-order chi connectivity index (χ1) is 15.3. The molecule has 2 saturated heterocycles. The number of benzene rings is 2. The number of anilines is 1.